The number of amidine groups is 1. The molecule has 1 aromatic rings. The second-order valence-electron chi connectivity index (χ2n) is 6.71. The maximum absolute atomic E-state index is 4.85. The molecule has 0 fully saturated rings. The Morgan fingerprint density at radius 2 is 1.61 bits per heavy atom. The second-order valence-corrected chi connectivity index (χ2v) is 6.71. The molecule has 97 valence electrons. The van der Waals surface area contributed by atoms with E-state index >= 15 is 0 Å². The highest BCUT2D eigenvalue weighted by atomic mass is 16.0. The van der Waals surface area contributed by atoms with Crippen LogP contribution in [0.15, 0.2) is 29.3 Å². The number of nitrogens with zero attached hydrogens (tertiary/aromatic N) is 3. The van der Waals surface area contributed by atoms with Crippen molar-refractivity contribution in [2.45, 2.75) is 52.6 Å². The van der Waals surface area contributed by atoms with Gasteiger partial charge in [-0.1, -0.05) is 12.1 Å². The van der Waals surface area contributed by atoms with Crippen LogP contribution >= 0.6 is 0 Å². The molecular weight excluding hydrogens is 223 g/mol. The van der Waals surface area contributed by atoms with E-state index in [-0.39, 0.29) is 11.1 Å². The van der Waals surface area contributed by atoms with Crippen LogP contribution in [0.1, 0.15) is 47.1 Å². The summed E-state index contributed by atoms with van der Waals surface area (Å²) in [4.78, 5) is 4.85. The van der Waals surface area contributed by atoms with Gasteiger partial charge in [-0.3, -0.25) is 4.99 Å². The topological polar surface area (TPSA) is 29.7 Å². The van der Waals surface area contributed by atoms with Crippen LogP contribution in [0, 0.1) is 0 Å². The Morgan fingerprint density at radius 1 is 1.00 bits per heavy atom. The Hall–Kier alpha value is -1.51. The summed E-state index contributed by atoms with van der Waals surface area (Å²) >= 11 is 0. The van der Waals surface area contributed by atoms with Crippen LogP contribution in [0.4, 0.5) is 5.69 Å². The summed E-state index contributed by atoms with van der Waals surface area (Å²) in [5.41, 5.74) is 6.66. The standard InChI is InChI=1S/C15H22N3/c1-14(2,3)16-13-11-9-7-8-10-12(11)17-18(13)15(4,5)6/h7-10H,1-6H3/i17+1. The molecular formula is C15H22N3. The average molecular weight is 245 g/mol. The van der Waals surface area contributed by atoms with Gasteiger partial charge in [-0.2, -0.15) is 5.43 Å². The third-order valence-corrected chi connectivity index (χ3v) is 2.63. The van der Waals surface area contributed by atoms with Gasteiger partial charge < -0.3 is 0 Å². The first-order chi connectivity index (χ1) is 8.18. The van der Waals surface area contributed by atoms with E-state index in [0.717, 1.165) is 17.1 Å². The molecule has 1 aromatic carbocycles. The minimum Gasteiger partial charge on any atom is -0.261 e. The van der Waals surface area contributed by atoms with Gasteiger partial charge in [-0.05, 0) is 53.7 Å². The van der Waals surface area contributed by atoms with E-state index in [2.05, 4.69) is 47.6 Å². The lowest BCUT2D eigenvalue weighted by atomic mass is 10.1. The van der Waals surface area contributed by atoms with Gasteiger partial charge in [-0.15, -0.1) is 0 Å². The molecule has 0 amide bonds. The van der Waals surface area contributed by atoms with Gasteiger partial charge in [0, 0.05) is 5.56 Å². The van der Waals surface area contributed by atoms with Crippen LogP contribution in [-0.4, -0.2) is 21.9 Å². The molecule has 3 nitrogen and oxygen atoms in total. The molecule has 1 heterocycles. The maximum atomic E-state index is 4.85. The van der Waals surface area contributed by atoms with Crippen LogP contribution in [0.25, 0.3) is 0 Å². The zero-order valence-corrected chi connectivity index (χ0v) is 12.2. The minimum absolute atomic E-state index is 0.0664. The molecule has 3 heteroatoms. The van der Waals surface area contributed by atoms with Crippen molar-refractivity contribution in [2.75, 3.05) is 0 Å². The Balaban J connectivity index is 2.53. The Labute approximate surface area is 110 Å². The lowest BCUT2D eigenvalue weighted by Gasteiger charge is -2.32. The van der Waals surface area contributed by atoms with E-state index in [1.165, 1.54) is 0 Å². The highest BCUT2D eigenvalue weighted by Gasteiger charge is 2.35. The van der Waals surface area contributed by atoms with Gasteiger partial charge in [-0.25, -0.2) is 5.01 Å². The van der Waals surface area contributed by atoms with Gasteiger partial charge in [0.15, 0.2) is 5.84 Å². The first-order valence-electron chi connectivity index (χ1n) is 6.40. The van der Waals surface area contributed by atoms with Crippen molar-refractivity contribution >= 4 is 11.5 Å². The smallest absolute Gasteiger partial charge is 0.154 e. The van der Waals surface area contributed by atoms with Crippen LogP contribution < -0.4 is 5.43 Å². The second kappa shape index (κ2) is 4.01. The average Bonchev–Trinajstić information content (AvgIpc) is 2.55. The molecule has 0 N–H and O–H groups in total. The minimum atomic E-state index is -0.105. The monoisotopic (exact) mass is 245 g/mol. The number of hydrogen-bond donors (Lipinski definition) is 0. The van der Waals surface area contributed by atoms with E-state index in [4.69, 9.17) is 10.4 Å². The van der Waals surface area contributed by atoms with Crippen LogP contribution in [-0.2, 0) is 0 Å². The molecule has 2 rings (SSSR count). The SMILES string of the molecule is CC(C)(C)N=C1c2ccccc2[15N]N1C(C)(C)C. The summed E-state index contributed by atoms with van der Waals surface area (Å²) in [5, 5.41) is 2.03. The zero-order chi connectivity index (χ0) is 13.6. The van der Waals surface area contributed by atoms with Gasteiger partial charge in [0.2, 0.25) is 0 Å². The van der Waals surface area contributed by atoms with Gasteiger partial charge in [0.05, 0.1) is 16.8 Å². The normalized spacial score (nSPS) is 17.9. The fourth-order valence-corrected chi connectivity index (χ4v) is 1.91. The first kappa shape index (κ1) is 12.9. The van der Waals surface area contributed by atoms with E-state index < -0.39 is 0 Å². The van der Waals surface area contributed by atoms with Crippen molar-refractivity contribution < 1.29 is 0 Å². The predicted molar refractivity (Wildman–Crippen MR) is 76.1 cm³/mol. The quantitative estimate of drug-likeness (QED) is 0.643. The molecule has 0 saturated carbocycles. The van der Waals surface area contributed by atoms with Crippen molar-refractivity contribution in [3.8, 4) is 0 Å². The summed E-state index contributed by atoms with van der Waals surface area (Å²) in [7, 11) is 0. The van der Waals surface area contributed by atoms with Gasteiger partial charge >= 0.3 is 0 Å². The van der Waals surface area contributed by atoms with Crippen molar-refractivity contribution in [3.05, 3.63) is 29.8 Å². The highest BCUT2D eigenvalue weighted by molar-refractivity contribution is 6.06. The molecule has 1 aliphatic rings. The Morgan fingerprint density at radius 3 is 2.17 bits per heavy atom. The summed E-state index contributed by atoms with van der Waals surface area (Å²) < 4.78 is 0. The number of fused-ring (bicyclic) bond motifs is 1. The lowest BCUT2D eigenvalue weighted by molar-refractivity contribution is 0.199. The van der Waals surface area contributed by atoms with E-state index in [1.54, 1.807) is 0 Å². The molecule has 0 unspecified atom stereocenters. The fraction of sp³-hybridized carbons (Fsp3) is 0.533. The third-order valence-electron chi connectivity index (χ3n) is 2.63. The van der Waals surface area contributed by atoms with Crippen molar-refractivity contribution in [1.82, 2.24) is 10.4 Å². The molecule has 0 aliphatic carbocycles. The number of hydrogen-bond acceptors (Lipinski definition) is 1. The fourth-order valence-electron chi connectivity index (χ4n) is 1.91. The van der Waals surface area contributed by atoms with E-state index in [0.29, 0.717) is 0 Å². The van der Waals surface area contributed by atoms with Crippen LogP contribution in [0.3, 0.4) is 0 Å². The first-order valence-corrected chi connectivity index (χ1v) is 6.40. The summed E-state index contributed by atoms with van der Waals surface area (Å²) in [6.45, 7) is 12.8. The number of aliphatic imine (C=N–C) groups is 1. The van der Waals surface area contributed by atoms with E-state index in [1.807, 2.05) is 23.2 Å². The van der Waals surface area contributed by atoms with Crippen molar-refractivity contribution in [3.63, 3.8) is 0 Å². The summed E-state index contributed by atoms with van der Waals surface area (Å²) in [5.74, 6) is 0.977. The molecule has 0 bridgehead atoms. The Bertz CT molecular complexity index is 475. The molecule has 18 heavy (non-hydrogen) atoms. The highest BCUT2D eigenvalue weighted by Crippen LogP contribution is 2.31. The Kier molecular flexibility index (Phi) is 2.88. The summed E-state index contributed by atoms with van der Waals surface area (Å²) in [6.07, 6.45) is 0. The summed E-state index contributed by atoms with van der Waals surface area (Å²) in [6, 6.07) is 8.19. The van der Waals surface area contributed by atoms with Gasteiger partial charge in [0.25, 0.3) is 0 Å². The number of rotatable bonds is 0. The van der Waals surface area contributed by atoms with Crippen LogP contribution in [0.2, 0.25) is 0 Å². The molecule has 0 saturated heterocycles. The van der Waals surface area contributed by atoms with Crippen molar-refractivity contribution in [2.24, 2.45) is 4.99 Å². The van der Waals surface area contributed by atoms with Crippen LogP contribution in [0.5, 0.6) is 0 Å². The largest absolute Gasteiger partial charge is 0.261 e. The molecule has 1 aliphatic heterocycles. The predicted octanol–water partition coefficient (Wildman–Crippen LogP) is 3.50. The molecule has 0 atom stereocenters. The maximum Gasteiger partial charge on any atom is 0.154 e. The van der Waals surface area contributed by atoms with E-state index in [9.17, 15) is 0 Å². The molecule has 0 aromatic heterocycles. The van der Waals surface area contributed by atoms with Crippen molar-refractivity contribution in [1.29, 1.82) is 0 Å². The molecule has 0 spiro atoms. The number of benzene rings is 1. The third kappa shape index (κ3) is 2.50. The molecule has 1 radical (unpaired) electrons. The lowest BCUT2D eigenvalue weighted by Crippen LogP contribution is -2.46. The zero-order valence-electron chi connectivity index (χ0n) is 12.2. The van der Waals surface area contributed by atoms with Gasteiger partial charge in [0.1, 0.15) is 0 Å².